The van der Waals surface area contributed by atoms with Gasteiger partial charge in [-0.25, -0.2) is 0 Å². The molecule has 1 atom stereocenters. The normalized spacial score (nSPS) is 24.3. The van der Waals surface area contributed by atoms with E-state index >= 15 is 0 Å². The number of carbonyl (C=O) groups is 3. The molecule has 1 aliphatic heterocycles. The summed E-state index contributed by atoms with van der Waals surface area (Å²) < 4.78 is 0. The third-order valence-electron chi connectivity index (χ3n) is 3.63. The Hall–Kier alpha value is -1.49. The molecule has 3 rings (SSSR count). The van der Waals surface area contributed by atoms with Crippen molar-refractivity contribution in [2.24, 2.45) is 0 Å². The second-order valence-corrected chi connectivity index (χ2v) is 5.58. The summed E-state index contributed by atoms with van der Waals surface area (Å²) in [5, 5.41) is 3.80. The maximum absolute atomic E-state index is 12.2. The standard InChI is InChI=1S/C13H13NO3S/c15-9-2-1-3-11(12(16)4-9)14-5-8-6-18-7-10(8)13(14)17/h6-7,11H,1-5H2. The summed E-state index contributed by atoms with van der Waals surface area (Å²) in [5.41, 5.74) is 1.73. The Morgan fingerprint density at radius 1 is 1.22 bits per heavy atom. The fourth-order valence-electron chi connectivity index (χ4n) is 2.68. The summed E-state index contributed by atoms with van der Waals surface area (Å²) in [6.07, 6.45) is 1.77. The molecule has 1 aromatic rings. The van der Waals surface area contributed by atoms with Gasteiger partial charge < -0.3 is 4.90 Å². The Labute approximate surface area is 109 Å². The van der Waals surface area contributed by atoms with Gasteiger partial charge in [0.1, 0.15) is 5.78 Å². The Morgan fingerprint density at radius 3 is 2.83 bits per heavy atom. The number of ketones is 2. The van der Waals surface area contributed by atoms with Gasteiger partial charge in [0, 0.05) is 18.3 Å². The molecule has 2 aliphatic rings. The lowest BCUT2D eigenvalue weighted by atomic mass is 10.1. The van der Waals surface area contributed by atoms with Gasteiger partial charge in [-0.3, -0.25) is 14.4 Å². The molecule has 1 unspecified atom stereocenters. The average Bonchev–Trinajstić information content (AvgIpc) is 2.84. The van der Waals surface area contributed by atoms with E-state index in [0.717, 1.165) is 11.1 Å². The van der Waals surface area contributed by atoms with Crippen LogP contribution in [-0.2, 0) is 16.1 Å². The van der Waals surface area contributed by atoms with Crippen molar-refractivity contribution in [3.8, 4) is 0 Å². The second kappa shape index (κ2) is 4.31. The number of hydrogen-bond acceptors (Lipinski definition) is 4. The number of Topliss-reactive ketones (excluding diaryl/α,β-unsaturated/α-hetero) is 2. The molecule has 0 radical (unpaired) electrons. The van der Waals surface area contributed by atoms with Gasteiger partial charge in [-0.2, -0.15) is 11.3 Å². The summed E-state index contributed by atoms with van der Waals surface area (Å²) in [6, 6.07) is -0.402. The number of thiophene rings is 1. The molecular formula is C13H13NO3S. The topological polar surface area (TPSA) is 54.5 Å². The zero-order valence-corrected chi connectivity index (χ0v) is 10.7. The van der Waals surface area contributed by atoms with Gasteiger partial charge in [-0.1, -0.05) is 0 Å². The fraction of sp³-hybridized carbons (Fsp3) is 0.462. The number of amides is 1. The highest BCUT2D eigenvalue weighted by molar-refractivity contribution is 7.08. The lowest BCUT2D eigenvalue weighted by Gasteiger charge is -2.25. The minimum absolute atomic E-state index is 0.00308. The van der Waals surface area contributed by atoms with E-state index in [2.05, 4.69) is 0 Å². The van der Waals surface area contributed by atoms with Gasteiger partial charge in [0.25, 0.3) is 5.91 Å². The summed E-state index contributed by atoms with van der Waals surface area (Å²) in [4.78, 5) is 37.2. The third-order valence-corrected chi connectivity index (χ3v) is 4.42. The summed E-state index contributed by atoms with van der Waals surface area (Å²) in [6.45, 7) is 0.516. The Bertz CT molecular complexity index is 534. The molecule has 94 valence electrons. The van der Waals surface area contributed by atoms with E-state index in [1.165, 1.54) is 11.3 Å². The predicted molar refractivity (Wildman–Crippen MR) is 66.5 cm³/mol. The number of fused-ring (bicyclic) bond motifs is 1. The molecule has 2 heterocycles. The van der Waals surface area contributed by atoms with Crippen molar-refractivity contribution in [2.45, 2.75) is 38.3 Å². The Morgan fingerprint density at radius 2 is 2.06 bits per heavy atom. The molecule has 0 N–H and O–H groups in total. The van der Waals surface area contributed by atoms with Gasteiger partial charge in [-0.15, -0.1) is 0 Å². The van der Waals surface area contributed by atoms with Crippen molar-refractivity contribution >= 4 is 28.8 Å². The van der Waals surface area contributed by atoms with Crippen molar-refractivity contribution < 1.29 is 14.4 Å². The van der Waals surface area contributed by atoms with E-state index in [1.807, 2.05) is 10.8 Å². The highest BCUT2D eigenvalue weighted by Crippen LogP contribution is 2.30. The van der Waals surface area contributed by atoms with Gasteiger partial charge >= 0.3 is 0 Å². The van der Waals surface area contributed by atoms with Gasteiger partial charge in [-0.05, 0) is 23.8 Å². The van der Waals surface area contributed by atoms with Gasteiger partial charge in [0.05, 0.1) is 18.0 Å². The van der Waals surface area contributed by atoms with Crippen LogP contribution in [0.4, 0.5) is 0 Å². The fourth-order valence-corrected chi connectivity index (χ4v) is 3.50. The molecule has 4 nitrogen and oxygen atoms in total. The molecule has 0 saturated heterocycles. The predicted octanol–water partition coefficient (Wildman–Crippen LogP) is 1.78. The lowest BCUT2D eigenvalue weighted by Crippen LogP contribution is -2.41. The highest BCUT2D eigenvalue weighted by Gasteiger charge is 2.37. The Kier molecular flexibility index (Phi) is 2.78. The molecule has 0 bridgehead atoms. The number of carbonyl (C=O) groups excluding carboxylic acids is 3. The van der Waals surface area contributed by atoms with Crippen molar-refractivity contribution in [1.82, 2.24) is 4.90 Å². The summed E-state index contributed by atoms with van der Waals surface area (Å²) in [5.74, 6) is -0.151. The molecular weight excluding hydrogens is 250 g/mol. The minimum atomic E-state index is -0.402. The summed E-state index contributed by atoms with van der Waals surface area (Å²) in [7, 11) is 0. The SMILES string of the molecule is O=C1CCCC(N2Cc3cscc3C2=O)C(=O)C1. The van der Waals surface area contributed by atoms with Gasteiger partial charge in [0.15, 0.2) is 5.78 Å². The average molecular weight is 263 g/mol. The van der Waals surface area contributed by atoms with Crippen LogP contribution < -0.4 is 0 Å². The monoisotopic (exact) mass is 263 g/mol. The first kappa shape index (κ1) is 11.6. The molecule has 0 spiro atoms. The third kappa shape index (κ3) is 1.79. The Balaban J connectivity index is 1.84. The van der Waals surface area contributed by atoms with E-state index in [1.54, 1.807) is 4.90 Å². The van der Waals surface area contributed by atoms with Crippen LogP contribution in [0, 0.1) is 0 Å². The molecule has 5 heteroatoms. The van der Waals surface area contributed by atoms with Crippen LogP contribution in [-0.4, -0.2) is 28.4 Å². The lowest BCUT2D eigenvalue weighted by molar-refractivity contribution is -0.128. The molecule has 1 aromatic heterocycles. The minimum Gasteiger partial charge on any atom is -0.324 e. The van der Waals surface area contributed by atoms with Crippen LogP contribution in [0.1, 0.15) is 41.6 Å². The molecule has 18 heavy (non-hydrogen) atoms. The first-order chi connectivity index (χ1) is 8.66. The van der Waals surface area contributed by atoms with E-state index < -0.39 is 6.04 Å². The van der Waals surface area contributed by atoms with Crippen LogP contribution in [0.2, 0.25) is 0 Å². The zero-order valence-electron chi connectivity index (χ0n) is 9.85. The van der Waals surface area contributed by atoms with Gasteiger partial charge in [0.2, 0.25) is 0 Å². The summed E-state index contributed by atoms with van der Waals surface area (Å²) >= 11 is 1.51. The zero-order chi connectivity index (χ0) is 12.7. The molecule has 1 fully saturated rings. The molecule has 1 aliphatic carbocycles. The van der Waals surface area contributed by atoms with E-state index in [0.29, 0.717) is 25.8 Å². The number of nitrogens with zero attached hydrogens (tertiary/aromatic N) is 1. The highest BCUT2D eigenvalue weighted by atomic mass is 32.1. The number of rotatable bonds is 1. The van der Waals surface area contributed by atoms with Crippen molar-refractivity contribution in [3.05, 3.63) is 21.9 Å². The van der Waals surface area contributed by atoms with E-state index in [-0.39, 0.29) is 23.9 Å². The second-order valence-electron chi connectivity index (χ2n) is 4.83. The van der Waals surface area contributed by atoms with Crippen LogP contribution in [0.15, 0.2) is 10.8 Å². The van der Waals surface area contributed by atoms with Crippen molar-refractivity contribution in [2.75, 3.05) is 0 Å². The van der Waals surface area contributed by atoms with Crippen LogP contribution >= 0.6 is 11.3 Å². The van der Waals surface area contributed by atoms with Crippen LogP contribution in [0.5, 0.6) is 0 Å². The quantitative estimate of drug-likeness (QED) is 0.573. The van der Waals surface area contributed by atoms with Crippen LogP contribution in [0.3, 0.4) is 0 Å². The largest absolute Gasteiger partial charge is 0.324 e. The maximum atomic E-state index is 12.2. The maximum Gasteiger partial charge on any atom is 0.255 e. The first-order valence-electron chi connectivity index (χ1n) is 6.07. The van der Waals surface area contributed by atoms with Crippen LogP contribution in [0.25, 0.3) is 0 Å². The molecule has 0 aromatic carbocycles. The van der Waals surface area contributed by atoms with Crippen molar-refractivity contribution in [3.63, 3.8) is 0 Å². The molecule has 1 saturated carbocycles. The number of hydrogen-bond donors (Lipinski definition) is 0. The van der Waals surface area contributed by atoms with E-state index in [4.69, 9.17) is 0 Å². The molecule has 1 amide bonds. The van der Waals surface area contributed by atoms with Crippen molar-refractivity contribution in [1.29, 1.82) is 0 Å². The first-order valence-corrected chi connectivity index (χ1v) is 7.01. The smallest absolute Gasteiger partial charge is 0.255 e. The van der Waals surface area contributed by atoms with E-state index in [9.17, 15) is 14.4 Å².